The van der Waals surface area contributed by atoms with Gasteiger partial charge in [0.1, 0.15) is 0 Å². The molecule has 0 radical (unpaired) electrons. The summed E-state index contributed by atoms with van der Waals surface area (Å²) in [6.07, 6.45) is 0.331. The summed E-state index contributed by atoms with van der Waals surface area (Å²) in [6, 6.07) is 17.8. The maximum atomic E-state index is 9.99. The van der Waals surface area contributed by atoms with Crippen LogP contribution in [0.3, 0.4) is 0 Å². The fraction of sp³-hybridized carbons (Fsp3) is 0.200. The van der Waals surface area contributed by atoms with Crippen molar-refractivity contribution in [1.29, 1.82) is 0 Å². The van der Waals surface area contributed by atoms with E-state index in [9.17, 15) is 5.11 Å². The zero-order chi connectivity index (χ0) is 12.8. The van der Waals surface area contributed by atoms with Crippen molar-refractivity contribution in [2.24, 2.45) is 0 Å². The molecule has 0 heterocycles. The maximum Gasteiger partial charge on any atom is 0.0674 e. The summed E-state index contributed by atoms with van der Waals surface area (Å²) >= 11 is 1.60. The number of para-hydroxylation sites is 1. The Bertz CT molecular complexity index is 487. The van der Waals surface area contributed by atoms with Crippen molar-refractivity contribution in [1.82, 2.24) is 0 Å². The van der Waals surface area contributed by atoms with Crippen LogP contribution in [0.1, 0.15) is 5.56 Å². The van der Waals surface area contributed by atoms with Crippen LogP contribution < -0.4 is 5.73 Å². The molecule has 3 N–H and O–H groups in total. The van der Waals surface area contributed by atoms with Crippen LogP contribution in [0.25, 0.3) is 0 Å². The van der Waals surface area contributed by atoms with E-state index in [1.165, 1.54) is 0 Å². The lowest BCUT2D eigenvalue weighted by Gasteiger charge is -2.11. The standard InChI is InChI=1S/C15H17NOS/c16-14-8-4-5-9-15(14)18-11-13(17)10-12-6-2-1-3-7-12/h1-9,13,17H,10-11,16H2. The molecule has 1 unspecified atom stereocenters. The Labute approximate surface area is 112 Å². The van der Waals surface area contributed by atoms with Crippen LogP contribution in [0.15, 0.2) is 59.5 Å². The first kappa shape index (κ1) is 13.0. The summed E-state index contributed by atoms with van der Waals surface area (Å²) in [5.41, 5.74) is 7.79. The molecule has 18 heavy (non-hydrogen) atoms. The van der Waals surface area contributed by atoms with Gasteiger partial charge in [0, 0.05) is 16.3 Å². The van der Waals surface area contributed by atoms with E-state index in [2.05, 4.69) is 0 Å². The lowest BCUT2D eigenvalue weighted by atomic mass is 10.1. The Morgan fingerprint density at radius 3 is 2.39 bits per heavy atom. The summed E-state index contributed by atoms with van der Waals surface area (Å²) in [5.74, 6) is 0.656. The summed E-state index contributed by atoms with van der Waals surface area (Å²) < 4.78 is 0. The molecule has 0 aliphatic heterocycles. The summed E-state index contributed by atoms with van der Waals surface area (Å²) in [7, 11) is 0. The molecular weight excluding hydrogens is 242 g/mol. The fourth-order valence-electron chi connectivity index (χ4n) is 1.74. The molecule has 0 aliphatic rings. The lowest BCUT2D eigenvalue weighted by molar-refractivity contribution is 0.200. The molecule has 1 atom stereocenters. The van der Waals surface area contributed by atoms with E-state index < -0.39 is 0 Å². The molecule has 0 fully saturated rings. The van der Waals surface area contributed by atoms with E-state index in [-0.39, 0.29) is 6.10 Å². The Balaban J connectivity index is 1.86. The highest BCUT2D eigenvalue weighted by molar-refractivity contribution is 7.99. The van der Waals surface area contributed by atoms with Crippen LogP contribution in [0.4, 0.5) is 5.69 Å². The van der Waals surface area contributed by atoms with Crippen molar-refractivity contribution in [3.05, 3.63) is 60.2 Å². The van der Waals surface area contributed by atoms with Crippen LogP contribution >= 0.6 is 11.8 Å². The van der Waals surface area contributed by atoms with E-state index in [0.29, 0.717) is 12.2 Å². The number of nitrogens with two attached hydrogens (primary N) is 1. The Hall–Kier alpha value is -1.45. The van der Waals surface area contributed by atoms with Gasteiger partial charge >= 0.3 is 0 Å². The first-order chi connectivity index (χ1) is 8.75. The average Bonchev–Trinajstić information content (AvgIpc) is 2.39. The molecule has 94 valence electrons. The first-order valence-electron chi connectivity index (χ1n) is 5.95. The van der Waals surface area contributed by atoms with Gasteiger partial charge in [0.2, 0.25) is 0 Å². The Morgan fingerprint density at radius 1 is 1.00 bits per heavy atom. The second kappa shape index (κ2) is 6.47. The second-order valence-corrected chi connectivity index (χ2v) is 5.25. The van der Waals surface area contributed by atoms with Crippen LogP contribution in [0.2, 0.25) is 0 Å². The van der Waals surface area contributed by atoms with Crippen molar-refractivity contribution < 1.29 is 5.11 Å². The number of thioether (sulfide) groups is 1. The van der Waals surface area contributed by atoms with Gasteiger partial charge in [0.15, 0.2) is 0 Å². The number of nitrogen functional groups attached to an aromatic ring is 1. The number of anilines is 1. The third kappa shape index (κ3) is 3.79. The smallest absolute Gasteiger partial charge is 0.0674 e. The molecule has 0 spiro atoms. The maximum absolute atomic E-state index is 9.99. The lowest BCUT2D eigenvalue weighted by Crippen LogP contribution is -2.13. The average molecular weight is 259 g/mol. The third-order valence-corrected chi connectivity index (χ3v) is 3.90. The molecule has 0 saturated heterocycles. The van der Waals surface area contributed by atoms with Crippen molar-refractivity contribution in [2.45, 2.75) is 17.4 Å². The zero-order valence-corrected chi connectivity index (χ0v) is 10.9. The minimum Gasteiger partial charge on any atom is -0.398 e. The van der Waals surface area contributed by atoms with Gasteiger partial charge in [-0.3, -0.25) is 0 Å². The van der Waals surface area contributed by atoms with Crippen molar-refractivity contribution in [3.63, 3.8) is 0 Å². The number of aliphatic hydroxyl groups is 1. The molecule has 2 aromatic rings. The highest BCUT2D eigenvalue weighted by atomic mass is 32.2. The summed E-state index contributed by atoms with van der Waals surface area (Å²) in [6.45, 7) is 0. The van der Waals surface area contributed by atoms with E-state index in [4.69, 9.17) is 5.73 Å². The molecule has 0 aliphatic carbocycles. The van der Waals surface area contributed by atoms with Crippen LogP contribution in [0, 0.1) is 0 Å². The molecule has 2 aromatic carbocycles. The van der Waals surface area contributed by atoms with Crippen molar-refractivity contribution in [3.8, 4) is 0 Å². The van der Waals surface area contributed by atoms with Gasteiger partial charge < -0.3 is 10.8 Å². The minimum atomic E-state index is -0.350. The summed E-state index contributed by atoms with van der Waals surface area (Å²) in [4.78, 5) is 1.03. The van der Waals surface area contributed by atoms with Gasteiger partial charge in [-0.2, -0.15) is 0 Å². The highest BCUT2D eigenvalue weighted by Crippen LogP contribution is 2.25. The van der Waals surface area contributed by atoms with Crippen molar-refractivity contribution >= 4 is 17.4 Å². The number of hydrogen-bond donors (Lipinski definition) is 2. The number of rotatable bonds is 5. The molecular formula is C15H17NOS. The third-order valence-electron chi connectivity index (χ3n) is 2.66. The minimum absolute atomic E-state index is 0.350. The quantitative estimate of drug-likeness (QED) is 0.641. The SMILES string of the molecule is Nc1ccccc1SCC(O)Cc1ccccc1. The molecule has 0 amide bonds. The molecule has 0 aromatic heterocycles. The molecule has 0 saturated carbocycles. The molecule has 0 bridgehead atoms. The zero-order valence-electron chi connectivity index (χ0n) is 10.1. The van der Waals surface area contributed by atoms with Crippen LogP contribution in [0.5, 0.6) is 0 Å². The normalized spacial score (nSPS) is 12.3. The number of aliphatic hydroxyl groups excluding tert-OH is 1. The van der Waals surface area contributed by atoms with Gasteiger partial charge in [-0.05, 0) is 24.1 Å². The number of hydrogen-bond acceptors (Lipinski definition) is 3. The van der Waals surface area contributed by atoms with Gasteiger partial charge in [-0.25, -0.2) is 0 Å². The van der Waals surface area contributed by atoms with Gasteiger partial charge in [-0.15, -0.1) is 11.8 Å². The number of benzene rings is 2. The topological polar surface area (TPSA) is 46.2 Å². The first-order valence-corrected chi connectivity index (χ1v) is 6.93. The molecule has 2 rings (SSSR count). The monoisotopic (exact) mass is 259 g/mol. The largest absolute Gasteiger partial charge is 0.398 e. The summed E-state index contributed by atoms with van der Waals surface area (Å²) in [5, 5.41) is 9.99. The van der Waals surface area contributed by atoms with Gasteiger partial charge in [-0.1, -0.05) is 42.5 Å². The van der Waals surface area contributed by atoms with Crippen molar-refractivity contribution in [2.75, 3.05) is 11.5 Å². The van der Waals surface area contributed by atoms with E-state index >= 15 is 0 Å². The van der Waals surface area contributed by atoms with Gasteiger partial charge in [0.25, 0.3) is 0 Å². The second-order valence-electron chi connectivity index (χ2n) is 4.19. The van der Waals surface area contributed by atoms with Crippen LogP contribution in [-0.2, 0) is 6.42 Å². The highest BCUT2D eigenvalue weighted by Gasteiger charge is 2.07. The Kier molecular flexibility index (Phi) is 4.67. The van der Waals surface area contributed by atoms with E-state index in [1.54, 1.807) is 11.8 Å². The van der Waals surface area contributed by atoms with Crippen LogP contribution in [-0.4, -0.2) is 17.0 Å². The van der Waals surface area contributed by atoms with Gasteiger partial charge in [0.05, 0.1) is 6.10 Å². The van der Waals surface area contributed by atoms with E-state index in [1.807, 2.05) is 54.6 Å². The van der Waals surface area contributed by atoms with E-state index in [0.717, 1.165) is 16.1 Å². The molecule has 3 heteroatoms. The predicted octanol–water partition coefficient (Wildman–Crippen LogP) is 2.96. The predicted molar refractivity (Wildman–Crippen MR) is 77.7 cm³/mol. The Morgan fingerprint density at radius 2 is 1.67 bits per heavy atom. The molecule has 2 nitrogen and oxygen atoms in total. The fourth-order valence-corrected chi connectivity index (χ4v) is 2.64.